The van der Waals surface area contributed by atoms with Gasteiger partial charge in [-0.15, -0.1) is 4.40 Å². The first-order valence-electron chi connectivity index (χ1n) is 4.34. The number of carbonyl (C=O) groups excluding carboxylic acids is 1. The quantitative estimate of drug-likeness (QED) is 0.338. The van der Waals surface area contributed by atoms with Crippen LogP contribution in [0.15, 0.2) is 40.1 Å². The zero-order valence-electron chi connectivity index (χ0n) is 8.34. The molecule has 1 aromatic carbocycles. The van der Waals surface area contributed by atoms with Crippen molar-refractivity contribution < 1.29 is 9.53 Å². The van der Waals surface area contributed by atoms with E-state index in [1.807, 2.05) is 6.07 Å². The summed E-state index contributed by atoms with van der Waals surface area (Å²) in [6.07, 6.45) is 3.02. The van der Waals surface area contributed by atoms with E-state index in [2.05, 4.69) is 11.0 Å². The van der Waals surface area contributed by atoms with Crippen LogP contribution in [0.5, 0.6) is 5.75 Å². The molecule has 0 spiro atoms. The summed E-state index contributed by atoms with van der Waals surface area (Å²) in [6.45, 7) is 3.85. The molecule has 0 fully saturated rings. The zero-order chi connectivity index (χ0) is 11.8. The van der Waals surface area contributed by atoms with Crippen molar-refractivity contribution in [3.8, 4) is 11.8 Å². The van der Waals surface area contributed by atoms with Crippen molar-refractivity contribution in [1.82, 2.24) is 0 Å². The van der Waals surface area contributed by atoms with Crippen LogP contribution in [0.3, 0.4) is 0 Å². The van der Waals surface area contributed by atoms with Gasteiger partial charge in [-0.1, -0.05) is 12.7 Å². The molecule has 0 saturated carbocycles. The third kappa shape index (κ3) is 3.28. The second-order valence-electron chi connectivity index (χ2n) is 2.65. The Morgan fingerprint density at radius 3 is 3.06 bits per heavy atom. The van der Waals surface area contributed by atoms with Crippen LogP contribution >= 0.6 is 11.9 Å². The van der Waals surface area contributed by atoms with Crippen LogP contribution in [-0.4, -0.2) is 12.7 Å². The van der Waals surface area contributed by atoms with E-state index >= 15 is 0 Å². The Labute approximate surface area is 97.4 Å². The number of rotatable bonds is 5. The molecular formula is C11H8N2O2S. The van der Waals surface area contributed by atoms with Gasteiger partial charge < -0.3 is 4.74 Å². The van der Waals surface area contributed by atoms with Gasteiger partial charge in [-0.05, 0) is 18.2 Å². The summed E-state index contributed by atoms with van der Waals surface area (Å²) in [5.74, 6) is 0.503. The largest absolute Gasteiger partial charge is 0.488 e. The summed E-state index contributed by atoms with van der Waals surface area (Å²) < 4.78 is 8.73. The van der Waals surface area contributed by atoms with E-state index in [-0.39, 0.29) is 0 Å². The molecule has 0 N–H and O–H groups in total. The molecule has 0 amide bonds. The van der Waals surface area contributed by atoms with Gasteiger partial charge in [0.25, 0.3) is 0 Å². The molecule has 0 radical (unpaired) electrons. The van der Waals surface area contributed by atoms with Gasteiger partial charge >= 0.3 is 0 Å². The standard InChI is InChI=1S/C11H8N2O2S/c1-2-5-15-10-6-9(7-12)3-4-11(10)16-13-8-14/h2-4,6H,1,5H2. The number of benzene rings is 1. The molecule has 0 aliphatic rings. The van der Waals surface area contributed by atoms with Crippen LogP contribution in [0.2, 0.25) is 0 Å². The van der Waals surface area contributed by atoms with E-state index in [0.29, 0.717) is 22.8 Å². The van der Waals surface area contributed by atoms with Crippen LogP contribution in [0.25, 0.3) is 0 Å². The molecule has 4 nitrogen and oxygen atoms in total. The fourth-order valence-electron chi connectivity index (χ4n) is 0.982. The molecule has 16 heavy (non-hydrogen) atoms. The molecule has 0 unspecified atom stereocenters. The summed E-state index contributed by atoms with van der Waals surface area (Å²) in [5, 5.41) is 8.74. The van der Waals surface area contributed by atoms with Crippen LogP contribution in [0.4, 0.5) is 0 Å². The van der Waals surface area contributed by atoms with Gasteiger partial charge in [-0.3, -0.25) is 0 Å². The average molecular weight is 232 g/mol. The topological polar surface area (TPSA) is 62.4 Å². The molecule has 1 rings (SSSR count). The van der Waals surface area contributed by atoms with E-state index in [0.717, 1.165) is 11.9 Å². The van der Waals surface area contributed by atoms with Gasteiger partial charge in [-0.2, -0.15) is 5.26 Å². The maximum Gasteiger partial charge on any atom is 0.247 e. The minimum Gasteiger partial charge on any atom is -0.488 e. The smallest absolute Gasteiger partial charge is 0.247 e. The first kappa shape index (κ1) is 12.1. The van der Waals surface area contributed by atoms with Gasteiger partial charge in [0.15, 0.2) is 0 Å². The summed E-state index contributed by atoms with van der Waals surface area (Å²) >= 11 is 0.949. The molecule has 5 heteroatoms. The lowest BCUT2D eigenvalue weighted by atomic mass is 10.2. The second-order valence-corrected chi connectivity index (χ2v) is 3.45. The van der Waals surface area contributed by atoms with Crippen LogP contribution in [0, 0.1) is 11.3 Å². The van der Waals surface area contributed by atoms with E-state index in [1.165, 1.54) is 6.08 Å². The maximum atomic E-state index is 10.0. The Kier molecular flexibility index (Phi) is 4.87. The normalized spacial score (nSPS) is 8.69. The first-order valence-corrected chi connectivity index (χ1v) is 5.11. The Balaban J connectivity index is 3.00. The molecule has 0 aliphatic carbocycles. The van der Waals surface area contributed by atoms with Gasteiger partial charge in [-0.25, -0.2) is 4.79 Å². The highest BCUT2D eigenvalue weighted by atomic mass is 32.2. The highest BCUT2D eigenvalue weighted by Gasteiger charge is 2.05. The third-order valence-corrected chi connectivity index (χ3v) is 2.31. The minimum absolute atomic E-state index is 0.327. The lowest BCUT2D eigenvalue weighted by Crippen LogP contribution is -1.94. The molecule has 0 bridgehead atoms. The van der Waals surface area contributed by atoms with Crippen molar-refractivity contribution in [2.24, 2.45) is 4.40 Å². The van der Waals surface area contributed by atoms with E-state index < -0.39 is 0 Å². The Hall–Kier alpha value is -2.02. The predicted molar refractivity (Wildman–Crippen MR) is 60.8 cm³/mol. The SMILES string of the molecule is C=CCOc1cc(C#N)ccc1SN=C=O. The van der Waals surface area contributed by atoms with Crippen molar-refractivity contribution >= 4 is 18.0 Å². The molecule has 0 aliphatic heterocycles. The van der Waals surface area contributed by atoms with Gasteiger partial charge in [0.1, 0.15) is 12.4 Å². The van der Waals surface area contributed by atoms with Crippen molar-refractivity contribution in [3.05, 3.63) is 36.4 Å². The van der Waals surface area contributed by atoms with Crippen LogP contribution in [-0.2, 0) is 4.79 Å². The average Bonchev–Trinajstić information content (AvgIpc) is 2.34. The van der Waals surface area contributed by atoms with E-state index in [4.69, 9.17) is 10.00 Å². The third-order valence-electron chi connectivity index (χ3n) is 1.61. The van der Waals surface area contributed by atoms with Crippen LogP contribution in [0.1, 0.15) is 5.56 Å². The second kappa shape index (κ2) is 6.46. The van der Waals surface area contributed by atoms with Crippen molar-refractivity contribution in [1.29, 1.82) is 5.26 Å². The highest BCUT2D eigenvalue weighted by Crippen LogP contribution is 2.30. The number of hydrogen-bond donors (Lipinski definition) is 0. The van der Waals surface area contributed by atoms with E-state index in [9.17, 15) is 4.79 Å². The summed E-state index contributed by atoms with van der Waals surface area (Å²) in [5.41, 5.74) is 0.485. The molecule has 0 aromatic heterocycles. The fourth-order valence-corrected chi connectivity index (χ4v) is 1.45. The fraction of sp³-hybridized carbons (Fsp3) is 0.0909. The van der Waals surface area contributed by atoms with Crippen molar-refractivity contribution in [2.75, 3.05) is 6.61 Å². The number of isocyanates is 1. The first-order chi connectivity index (χ1) is 7.81. The lowest BCUT2D eigenvalue weighted by molar-refractivity contribution is 0.354. The molecule has 0 heterocycles. The minimum atomic E-state index is 0.327. The van der Waals surface area contributed by atoms with E-state index in [1.54, 1.807) is 24.3 Å². The van der Waals surface area contributed by atoms with Gasteiger partial charge in [0, 0.05) is 11.9 Å². The Bertz CT molecular complexity index is 473. The molecule has 0 atom stereocenters. The van der Waals surface area contributed by atoms with Crippen LogP contribution < -0.4 is 4.74 Å². The zero-order valence-corrected chi connectivity index (χ0v) is 9.16. The number of nitriles is 1. The van der Waals surface area contributed by atoms with Gasteiger partial charge in [0.2, 0.25) is 6.08 Å². The Morgan fingerprint density at radius 1 is 1.62 bits per heavy atom. The summed E-state index contributed by atoms with van der Waals surface area (Å²) in [4.78, 5) is 10.7. The molecule has 0 saturated heterocycles. The predicted octanol–water partition coefficient (Wildman–Crippen LogP) is 2.47. The van der Waals surface area contributed by atoms with Crippen molar-refractivity contribution in [2.45, 2.75) is 4.90 Å². The number of nitrogens with zero attached hydrogens (tertiary/aromatic N) is 2. The number of hydrogen-bond acceptors (Lipinski definition) is 5. The molecular weight excluding hydrogens is 224 g/mol. The molecule has 80 valence electrons. The Morgan fingerprint density at radius 2 is 2.44 bits per heavy atom. The summed E-state index contributed by atoms with van der Waals surface area (Å²) in [7, 11) is 0. The van der Waals surface area contributed by atoms with Crippen molar-refractivity contribution in [3.63, 3.8) is 0 Å². The number of ether oxygens (including phenoxy) is 1. The summed E-state index contributed by atoms with van der Waals surface area (Å²) in [6, 6.07) is 6.89. The van der Waals surface area contributed by atoms with Gasteiger partial charge in [0.05, 0.1) is 16.5 Å². The lowest BCUT2D eigenvalue weighted by Gasteiger charge is -2.07. The monoisotopic (exact) mass is 232 g/mol. The molecule has 1 aromatic rings. The maximum absolute atomic E-state index is 10.0. The highest BCUT2D eigenvalue weighted by molar-refractivity contribution is 7.98.